The second kappa shape index (κ2) is 7.23. The van der Waals surface area contributed by atoms with E-state index in [2.05, 4.69) is 10.5 Å². The van der Waals surface area contributed by atoms with E-state index in [0.717, 1.165) is 37.9 Å². The van der Waals surface area contributed by atoms with Crippen molar-refractivity contribution in [2.24, 2.45) is 0 Å². The molecular weight excluding hydrogens is 348 g/mol. The summed E-state index contributed by atoms with van der Waals surface area (Å²) in [5.74, 6) is 1.87. The fourth-order valence-corrected chi connectivity index (χ4v) is 3.53. The third kappa shape index (κ3) is 3.39. The Morgan fingerprint density at radius 2 is 2.07 bits per heavy atom. The van der Waals surface area contributed by atoms with Gasteiger partial charge in [0.1, 0.15) is 0 Å². The summed E-state index contributed by atoms with van der Waals surface area (Å²) in [5.41, 5.74) is 0.927. The number of aromatic nitrogens is 1. The van der Waals surface area contributed by atoms with Crippen LogP contribution in [0.5, 0.6) is 11.5 Å². The van der Waals surface area contributed by atoms with Gasteiger partial charge in [-0.2, -0.15) is 0 Å². The highest BCUT2D eigenvalue weighted by Gasteiger charge is 2.53. The summed E-state index contributed by atoms with van der Waals surface area (Å²) < 4.78 is 21.7. The minimum absolute atomic E-state index is 0.00478. The van der Waals surface area contributed by atoms with Crippen LogP contribution in [-0.2, 0) is 14.9 Å². The third-order valence-electron chi connectivity index (χ3n) is 5.37. The Kier molecular flexibility index (Phi) is 4.78. The van der Waals surface area contributed by atoms with Gasteiger partial charge in [-0.15, -0.1) is 0 Å². The Balaban J connectivity index is 1.49. The lowest BCUT2D eigenvalue weighted by molar-refractivity contribution is -0.124. The Morgan fingerprint density at radius 1 is 1.26 bits per heavy atom. The molecule has 1 aliphatic carbocycles. The van der Waals surface area contributed by atoms with Crippen LogP contribution in [0.2, 0.25) is 0 Å². The lowest BCUT2D eigenvalue weighted by Crippen LogP contribution is -2.39. The van der Waals surface area contributed by atoms with Crippen molar-refractivity contribution in [2.45, 2.75) is 37.2 Å². The van der Waals surface area contributed by atoms with Crippen molar-refractivity contribution in [3.05, 3.63) is 30.0 Å². The number of carbonyl (C=O) groups excluding carboxylic acids is 1. The maximum Gasteiger partial charge on any atom is 0.232 e. The highest BCUT2D eigenvalue weighted by atomic mass is 16.5. The molecule has 7 heteroatoms. The molecule has 0 bridgehead atoms. The number of carbonyl (C=O) groups is 1. The van der Waals surface area contributed by atoms with Gasteiger partial charge < -0.3 is 24.1 Å². The number of benzene rings is 1. The standard InChI is InChI=1S/C20H24N2O5/c1-24-15-6-5-13(10-17(15)25-2)16-11-18(22-27-16)20(7-8-20)19(23)21-12-14-4-3-9-26-14/h5-6,10-11,14H,3-4,7-9,12H2,1-2H3,(H,21,23). The molecule has 0 spiro atoms. The molecule has 1 unspecified atom stereocenters. The maximum atomic E-state index is 12.7. The van der Waals surface area contributed by atoms with Crippen molar-refractivity contribution in [3.63, 3.8) is 0 Å². The molecule has 27 heavy (non-hydrogen) atoms. The summed E-state index contributed by atoms with van der Waals surface area (Å²) in [6, 6.07) is 7.38. The van der Waals surface area contributed by atoms with Crippen molar-refractivity contribution in [2.75, 3.05) is 27.4 Å². The average molecular weight is 372 g/mol. The van der Waals surface area contributed by atoms with E-state index >= 15 is 0 Å². The van der Waals surface area contributed by atoms with E-state index in [1.54, 1.807) is 14.2 Å². The molecule has 1 aromatic carbocycles. The van der Waals surface area contributed by atoms with Gasteiger partial charge in [0.25, 0.3) is 0 Å². The molecule has 2 fully saturated rings. The van der Waals surface area contributed by atoms with Gasteiger partial charge in [0.05, 0.1) is 31.4 Å². The number of rotatable bonds is 7. The summed E-state index contributed by atoms with van der Waals surface area (Å²) in [6.07, 6.45) is 3.75. The van der Waals surface area contributed by atoms with Crippen LogP contribution in [0.25, 0.3) is 11.3 Å². The Morgan fingerprint density at radius 3 is 2.74 bits per heavy atom. The Labute approximate surface area is 158 Å². The minimum Gasteiger partial charge on any atom is -0.493 e. The van der Waals surface area contributed by atoms with Gasteiger partial charge in [-0.3, -0.25) is 4.79 Å². The second-order valence-corrected chi connectivity index (χ2v) is 7.07. The van der Waals surface area contributed by atoms with Gasteiger partial charge in [-0.05, 0) is 43.9 Å². The van der Waals surface area contributed by atoms with Crippen LogP contribution in [0.4, 0.5) is 0 Å². The van der Waals surface area contributed by atoms with Crippen LogP contribution in [0, 0.1) is 0 Å². The van der Waals surface area contributed by atoms with Crippen molar-refractivity contribution in [1.29, 1.82) is 0 Å². The summed E-state index contributed by atoms with van der Waals surface area (Å²) >= 11 is 0. The average Bonchev–Trinajstić information content (AvgIpc) is 3.11. The number of hydrogen-bond acceptors (Lipinski definition) is 6. The first-order chi connectivity index (χ1) is 13.2. The predicted octanol–water partition coefficient (Wildman–Crippen LogP) is 2.69. The monoisotopic (exact) mass is 372 g/mol. The van der Waals surface area contributed by atoms with E-state index in [0.29, 0.717) is 29.5 Å². The lowest BCUT2D eigenvalue weighted by atomic mass is 10.00. The number of nitrogens with zero attached hydrogens (tertiary/aromatic N) is 1. The molecule has 4 rings (SSSR count). The lowest BCUT2D eigenvalue weighted by Gasteiger charge is -2.15. The Hall–Kier alpha value is -2.54. The van der Waals surface area contributed by atoms with Crippen LogP contribution in [0.1, 0.15) is 31.4 Å². The molecule has 1 saturated heterocycles. The number of amides is 1. The SMILES string of the molecule is COc1ccc(-c2cc(C3(C(=O)NCC4CCCO4)CC3)no2)cc1OC. The fraction of sp³-hybridized carbons (Fsp3) is 0.500. The van der Waals surface area contributed by atoms with Crippen molar-refractivity contribution >= 4 is 5.91 Å². The van der Waals surface area contributed by atoms with Gasteiger partial charge in [0.2, 0.25) is 5.91 Å². The molecule has 0 radical (unpaired) electrons. The zero-order valence-corrected chi connectivity index (χ0v) is 15.6. The normalized spacial score (nSPS) is 20.3. The van der Waals surface area contributed by atoms with Crippen LogP contribution >= 0.6 is 0 Å². The number of nitrogens with one attached hydrogen (secondary N) is 1. The Bertz CT molecular complexity index is 822. The summed E-state index contributed by atoms with van der Waals surface area (Å²) in [4.78, 5) is 12.7. The summed E-state index contributed by atoms with van der Waals surface area (Å²) in [5, 5.41) is 7.21. The number of ether oxygens (including phenoxy) is 3. The van der Waals surface area contributed by atoms with E-state index in [1.807, 2.05) is 24.3 Å². The zero-order chi connectivity index (χ0) is 18.9. The molecule has 1 saturated carbocycles. The van der Waals surface area contributed by atoms with Gasteiger partial charge in [-0.1, -0.05) is 5.16 Å². The minimum atomic E-state index is -0.573. The molecule has 1 atom stereocenters. The quantitative estimate of drug-likeness (QED) is 0.805. The van der Waals surface area contributed by atoms with Crippen molar-refractivity contribution in [3.8, 4) is 22.8 Å². The van der Waals surface area contributed by atoms with Gasteiger partial charge in [-0.25, -0.2) is 0 Å². The fourth-order valence-electron chi connectivity index (χ4n) is 3.53. The third-order valence-corrected chi connectivity index (χ3v) is 5.37. The molecule has 7 nitrogen and oxygen atoms in total. The molecular formula is C20H24N2O5. The maximum absolute atomic E-state index is 12.7. The zero-order valence-electron chi connectivity index (χ0n) is 15.6. The molecule has 1 N–H and O–H groups in total. The number of hydrogen-bond donors (Lipinski definition) is 1. The molecule has 2 aromatic rings. The first-order valence-corrected chi connectivity index (χ1v) is 9.26. The van der Waals surface area contributed by atoms with Crippen molar-refractivity contribution in [1.82, 2.24) is 10.5 Å². The second-order valence-electron chi connectivity index (χ2n) is 7.07. The van der Waals surface area contributed by atoms with Crippen LogP contribution in [0.15, 0.2) is 28.8 Å². The van der Waals surface area contributed by atoms with Crippen molar-refractivity contribution < 1.29 is 23.5 Å². The largest absolute Gasteiger partial charge is 0.493 e. The first kappa shape index (κ1) is 17.9. The highest BCUT2D eigenvalue weighted by molar-refractivity contribution is 5.91. The summed E-state index contributed by atoms with van der Waals surface area (Å²) in [6.45, 7) is 1.34. The van der Waals surface area contributed by atoms with Crippen LogP contribution < -0.4 is 14.8 Å². The molecule has 1 aliphatic heterocycles. The van der Waals surface area contributed by atoms with Gasteiger partial charge in [0, 0.05) is 24.8 Å². The van der Waals surface area contributed by atoms with E-state index in [1.165, 1.54) is 0 Å². The molecule has 1 aromatic heterocycles. The van der Waals surface area contributed by atoms with Crippen LogP contribution in [-0.4, -0.2) is 44.5 Å². The predicted molar refractivity (Wildman–Crippen MR) is 97.9 cm³/mol. The van der Waals surface area contributed by atoms with E-state index in [-0.39, 0.29) is 12.0 Å². The van der Waals surface area contributed by atoms with E-state index < -0.39 is 5.41 Å². The molecule has 1 amide bonds. The summed E-state index contributed by atoms with van der Waals surface area (Å²) in [7, 11) is 3.18. The first-order valence-electron chi connectivity index (χ1n) is 9.26. The smallest absolute Gasteiger partial charge is 0.232 e. The van der Waals surface area contributed by atoms with E-state index in [4.69, 9.17) is 18.7 Å². The number of methoxy groups -OCH3 is 2. The topological polar surface area (TPSA) is 82.8 Å². The van der Waals surface area contributed by atoms with Crippen LogP contribution in [0.3, 0.4) is 0 Å². The highest BCUT2D eigenvalue weighted by Crippen LogP contribution is 2.48. The molecule has 2 aliphatic rings. The van der Waals surface area contributed by atoms with Gasteiger partial charge >= 0.3 is 0 Å². The van der Waals surface area contributed by atoms with Gasteiger partial charge in [0.15, 0.2) is 17.3 Å². The molecule has 144 valence electrons. The van der Waals surface area contributed by atoms with E-state index in [9.17, 15) is 4.79 Å². The molecule has 2 heterocycles.